The van der Waals surface area contributed by atoms with E-state index in [-0.39, 0.29) is 0 Å². The highest BCUT2D eigenvalue weighted by molar-refractivity contribution is 7.99. The molecule has 0 N–H and O–H groups in total. The lowest BCUT2D eigenvalue weighted by atomic mass is 10.1. The predicted octanol–water partition coefficient (Wildman–Crippen LogP) is 2.13. The van der Waals surface area contributed by atoms with E-state index >= 15 is 0 Å². The molecule has 2 aromatic rings. The molecular weight excluding hydrogens is 336 g/mol. The second kappa shape index (κ2) is 7.55. The Hall–Kier alpha value is -1.90. The second-order valence-electron chi connectivity index (χ2n) is 6.64. The van der Waals surface area contributed by atoms with E-state index in [2.05, 4.69) is 20.0 Å². The molecule has 2 saturated heterocycles. The van der Waals surface area contributed by atoms with E-state index in [1.165, 1.54) is 50.3 Å². The van der Waals surface area contributed by atoms with Crippen LogP contribution >= 0.6 is 11.8 Å². The van der Waals surface area contributed by atoms with E-state index in [4.69, 9.17) is 15.0 Å². The van der Waals surface area contributed by atoms with Crippen molar-refractivity contribution in [2.75, 3.05) is 36.0 Å². The lowest BCUT2D eigenvalue weighted by Gasteiger charge is -2.30. The molecule has 0 amide bonds. The minimum Gasteiger partial charge on any atom is -0.341 e. The molecule has 0 aliphatic carbocycles. The summed E-state index contributed by atoms with van der Waals surface area (Å²) in [5, 5.41) is 9.58. The van der Waals surface area contributed by atoms with E-state index in [9.17, 15) is 0 Å². The highest BCUT2D eigenvalue weighted by atomic mass is 32.2. The lowest BCUT2D eigenvalue weighted by molar-refractivity contribution is 0.551. The Labute approximate surface area is 152 Å². The van der Waals surface area contributed by atoms with Crippen molar-refractivity contribution in [1.82, 2.24) is 29.7 Å². The molecule has 2 aliphatic rings. The van der Waals surface area contributed by atoms with Gasteiger partial charge >= 0.3 is 0 Å². The summed E-state index contributed by atoms with van der Waals surface area (Å²) in [4.78, 5) is 18.8. The van der Waals surface area contributed by atoms with Crippen molar-refractivity contribution in [2.45, 2.75) is 48.8 Å². The van der Waals surface area contributed by atoms with Crippen LogP contribution in [-0.4, -0.2) is 55.9 Å². The van der Waals surface area contributed by atoms with E-state index in [0.717, 1.165) is 43.2 Å². The molecule has 0 atom stereocenters. The van der Waals surface area contributed by atoms with E-state index in [1.54, 1.807) is 6.33 Å². The SMILES string of the molecule is Cn1cnnc1Sc1nc(N2CCCCC2)nc(N2CCCCC2)n1. The third-order valence-corrected chi connectivity index (χ3v) is 5.64. The normalized spacial score (nSPS) is 18.6. The van der Waals surface area contributed by atoms with Gasteiger partial charge in [-0.25, -0.2) is 0 Å². The van der Waals surface area contributed by atoms with Gasteiger partial charge in [0.15, 0.2) is 5.16 Å². The molecular formula is C16H24N8S. The van der Waals surface area contributed by atoms with Gasteiger partial charge in [-0.15, -0.1) is 10.2 Å². The molecule has 4 rings (SSSR count). The van der Waals surface area contributed by atoms with Crippen LogP contribution < -0.4 is 9.80 Å². The average molecular weight is 360 g/mol. The maximum absolute atomic E-state index is 4.81. The van der Waals surface area contributed by atoms with Crippen LogP contribution in [0, 0.1) is 0 Å². The van der Waals surface area contributed by atoms with Crippen LogP contribution in [0.15, 0.2) is 16.6 Å². The fourth-order valence-electron chi connectivity index (χ4n) is 3.30. The summed E-state index contributed by atoms with van der Waals surface area (Å²) in [6.07, 6.45) is 9.10. The third-order valence-electron chi connectivity index (χ3n) is 4.72. The number of aryl methyl sites for hydroxylation is 1. The minimum atomic E-state index is 0.701. The lowest BCUT2D eigenvalue weighted by Crippen LogP contribution is -2.34. The molecule has 0 saturated carbocycles. The monoisotopic (exact) mass is 360 g/mol. The van der Waals surface area contributed by atoms with Gasteiger partial charge in [0.05, 0.1) is 0 Å². The zero-order valence-corrected chi connectivity index (χ0v) is 15.5. The summed E-state index contributed by atoms with van der Waals surface area (Å²) >= 11 is 1.45. The summed E-state index contributed by atoms with van der Waals surface area (Å²) in [5.74, 6) is 1.61. The van der Waals surface area contributed by atoms with Crippen LogP contribution in [-0.2, 0) is 7.05 Å². The Bertz CT molecular complexity index is 670. The number of rotatable bonds is 4. The highest BCUT2D eigenvalue weighted by Gasteiger charge is 2.21. The Morgan fingerprint density at radius 1 is 0.800 bits per heavy atom. The highest BCUT2D eigenvalue weighted by Crippen LogP contribution is 2.27. The largest absolute Gasteiger partial charge is 0.341 e. The average Bonchev–Trinajstić information content (AvgIpc) is 3.07. The molecule has 2 aromatic heterocycles. The van der Waals surface area contributed by atoms with Crippen molar-refractivity contribution in [1.29, 1.82) is 0 Å². The van der Waals surface area contributed by atoms with Crippen molar-refractivity contribution in [3.63, 3.8) is 0 Å². The second-order valence-corrected chi connectivity index (χ2v) is 7.57. The molecule has 0 bridgehead atoms. The van der Waals surface area contributed by atoms with Crippen molar-refractivity contribution in [2.24, 2.45) is 7.05 Å². The van der Waals surface area contributed by atoms with Gasteiger partial charge in [-0.1, -0.05) is 0 Å². The molecule has 4 heterocycles. The summed E-state index contributed by atoms with van der Waals surface area (Å²) in [6, 6.07) is 0. The number of nitrogens with zero attached hydrogens (tertiary/aromatic N) is 8. The molecule has 0 radical (unpaired) electrons. The first-order valence-corrected chi connectivity index (χ1v) is 9.89. The zero-order valence-electron chi connectivity index (χ0n) is 14.6. The van der Waals surface area contributed by atoms with Crippen LogP contribution in [0.1, 0.15) is 38.5 Å². The summed E-state index contributed by atoms with van der Waals surface area (Å²) in [7, 11) is 1.93. The van der Waals surface area contributed by atoms with Gasteiger partial charge in [-0.05, 0) is 50.3 Å². The first kappa shape index (κ1) is 16.6. The van der Waals surface area contributed by atoms with Crippen LogP contribution in [0.2, 0.25) is 0 Å². The number of hydrogen-bond donors (Lipinski definition) is 0. The van der Waals surface area contributed by atoms with Gasteiger partial charge in [0, 0.05) is 33.2 Å². The van der Waals surface area contributed by atoms with Gasteiger partial charge in [0.1, 0.15) is 6.33 Å². The molecule has 0 aromatic carbocycles. The molecule has 25 heavy (non-hydrogen) atoms. The first-order valence-electron chi connectivity index (χ1n) is 9.07. The number of aromatic nitrogens is 6. The van der Waals surface area contributed by atoms with Gasteiger partial charge in [-0.2, -0.15) is 15.0 Å². The van der Waals surface area contributed by atoms with E-state index in [0.29, 0.717) is 5.16 Å². The Morgan fingerprint density at radius 3 is 1.84 bits per heavy atom. The maximum atomic E-state index is 4.81. The topological polar surface area (TPSA) is 75.9 Å². The van der Waals surface area contributed by atoms with Gasteiger partial charge in [-0.3, -0.25) is 0 Å². The van der Waals surface area contributed by atoms with Crippen LogP contribution in [0.3, 0.4) is 0 Å². The van der Waals surface area contributed by atoms with Crippen molar-refractivity contribution >= 4 is 23.7 Å². The van der Waals surface area contributed by atoms with Crippen molar-refractivity contribution in [3.05, 3.63) is 6.33 Å². The van der Waals surface area contributed by atoms with E-state index < -0.39 is 0 Å². The van der Waals surface area contributed by atoms with Crippen LogP contribution in [0.4, 0.5) is 11.9 Å². The molecule has 0 unspecified atom stereocenters. The Morgan fingerprint density at radius 2 is 1.36 bits per heavy atom. The summed E-state index contributed by atoms with van der Waals surface area (Å²) in [5.41, 5.74) is 0. The number of piperidine rings is 2. The molecule has 9 heteroatoms. The zero-order chi connectivity index (χ0) is 17.1. The van der Waals surface area contributed by atoms with E-state index in [1.807, 2.05) is 11.6 Å². The van der Waals surface area contributed by atoms with Gasteiger partial charge in [0.25, 0.3) is 0 Å². The summed E-state index contributed by atoms with van der Waals surface area (Å²) in [6.45, 7) is 4.10. The molecule has 0 spiro atoms. The Balaban J connectivity index is 1.65. The number of anilines is 2. The van der Waals surface area contributed by atoms with Crippen LogP contribution in [0.5, 0.6) is 0 Å². The Kier molecular flexibility index (Phi) is 5.00. The first-order chi connectivity index (χ1) is 12.3. The van der Waals surface area contributed by atoms with Crippen molar-refractivity contribution < 1.29 is 0 Å². The molecule has 2 aliphatic heterocycles. The van der Waals surface area contributed by atoms with Gasteiger partial charge in [0.2, 0.25) is 17.1 Å². The standard InChI is InChI=1S/C16H24N8S/c1-22-12-17-21-16(22)25-15-19-13(23-8-4-2-5-9-23)18-14(20-15)24-10-6-3-7-11-24/h12H,2-11H2,1H3. The molecule has 8 nitrogen and oxygen atoms in total. The van der Waals surface area contributed by atoms with Gasteiger partial charge < -0.3 is 14.4 Å². The number of hydrogen-bond acceptors (Lipinski definition) is 8. The third kappa shape index (κ3) is 3.86. The molecule has 2 fully saturated rings. The fraction of sp³-hybridized carbons (Fsp3) is 0.688. The minimum absolute atomic E-state index is 0.701. The molecule has 134 valence electrons. The predicted molar refractivity (Wildman–Crippen MR) is 97.1 cm³/mol. The quantitative estimate of drug-likeness (QED) is 0.821. The maximum Gasteiger partial charge on any atom is 0.231 e. The fourth-order valence-corrected chi connectivity index (χ4v) is 4.00. The van der Waals surface area contributed by atoms with Crippen molar-refractivity contribution in [3.8, 4) is 0 Å². The van der Waals surface area contributed by atoms with Crippen LogP contribution in [0.25, 0.3) is 0 Å². The summed E-state index contributed by atoms with van der Waals surface area (Å²) < 4.78 is 1.88. The smallest absolute Gasteiger partial charge is 0.231 e.